The van der Waals surface area contributed by atoms with Crippen LogP contribution in [0.1, 0.15) is 24.2 Å². The Bertz CT molecular complexity index is 643. The summed E-state index contributed by atoms with van der Waals surface area (Å²) in [5.41, 5.74) is -0.809. The zero-order valence-corrected chi connectivity index (χ0v) is 10.9. The molecule has 0 spiro atoms. The van der Waals surface area contributed by atoms with Crippen LogP contribution < -0.4 is 4.90 Å². The quantitative estimate of drug-likeness (QED) is 0.834. The minimum Gasteiger partial charge on any atom is -0.478 e. The monoisotopic (exact) mass is 277 g/mol. The number of carbonyl (C=O) groups is 3. The number of nitrogens with zero attached hydrogens (tertiary/aromatic N) is 1. The van der Waals surface area contributed by atoms with Gasteiger partial charge in [-0.15, -0.1) is 0 Å². The van der Waals surface area contributed by atoms with Crippen molar-refractivity contribution in [2.75, 3.05) is 4.90 Å². The molecule has 1 saturated heterocycles. The Morgan fingerprint density at radius 1 is 1.25 bits per heavy atom. The lowest BCUT2D eigenvalue weighted by Crippen LogP contribution is -2.37. The number of rotatable bonds is 2. The summed E-state index contributed by atoms with van der Waals surface area (Å²) in [7, 11) is 0. The molecule has 3 rings (SSSR count). The van der Waals surface area contributed by atoms with Crippen molar-refractivity contribution in [3.8, 4) is 0 Å². The van der Waals surface area contributed by atoms with Gasteiger partial charge in [-0.25, -0.2) is 14.1 Å². The number of piperidine rings is 1. The van der Waals surface area contributed by atoms with Crippen molar-refractivity contribution in [1.82, 2.24) is 0 Å². The van der Waals surface area contributed by atoms with Crippen molar-refractivity contribution in [2.24, 2.45) is 17.3 Å². The van der Waals surface area contributed by atoms with Gasteiger partial charge in [-0.05, 0) is 23.6 Å². The van der Waals surface area contributed by atoms with Gasteiger partial charge in [0.15, 0.2) is 0 Å². The Morgan fingerprint density at radius 2 is 1.80 bits per heavy atom. The van der Waals surface area contributed by atoms with Crippen molar-refractivity contribution in [3.63, 3.8) is 0 Å². The third kappa shape index (κ3) is 1.44. The molecule has 0 bridgehead atoms. The molecule has 1 aliphatic heterocycles. The minimum atomic E-state index is -1.38. The van der Waals surface area contributed by atoms with Crippen LogP contribution in [0.15, 0.2) is 18.2 Å². The van der Waals surface area contributed by atoms with Crippen LogP contribution in [0.25, 0.3) is 0 Å². The second-order valence-corrected chi connectivity index (χ2v) is 5.76. The van der Waals surface area contributed by atoms with E-state index in [4.69, 9.17) is 5.11 Å². The summed E-state index contributed by atoms with van der Waals surface area (Å²) >= 11 is 0. The molecule has 1 aliphatic carbocycles. The first-order valence-electron chi connectivity index (χ1n) is 6.17. The van der Waals surface area contributed by atoms with Crippen LogP contribution in [0.4, 0.5) is 10.1 Å². The van der Waals surface area contributed by atoms with Gasteiger partial charge in [0.05, 0.1) is 23.1 Å². The van der Waals surface area contributed by atoms with E-state index in [0.717, 1.165) is 23.1 Å². The van der Waals surface area contributed by atoms with E-state index >= 15 is 0 Å². The summed E-state index contributed by atoms with van der Waals surface area (Å²) in [4.78, 5) is 36.5. The Hall–Kier alpha value is -2.24. The van der Waals surface area contributed by atoms with Gasteiger partial charge in [0.1, 0.15) is 5.82 Å². The molecular weight excluding hydrogens is 265 g/mol. The molecule has 0 aromatic heterocycles. The number of fused-ring (bicyclic) bond motifs is 1. The van der Waals surface area contributed by atoms with Crippen molar-refractivity contribution >= 4 is 23.5 Å². The second kappa shape index (κ2) is 3.65. The van der Waals surface area contributed by atoms with Gasteiger partial charge in [0.2, 0.25) is 11.8 Å². The molecule has 1 N–H and O–H groups in total. The zero-order valence-electron chi connectivity index (χ0n) is 10.9. The first-order valence-corrected chi connectivity index (χ1v) is 6.17. The first-order chi connectivity index (χ1) is 9.26. The molecule has 0 radical (unpaired) electrons. The van der Waals surface area contributed by atoms with Gasteiger partial charge in [-0.1, -0.05) is 13.8 Å². The molecule has 5 nitrogen and oxygen atoms in total. The highest BCUT2D eigenvalue weighted by Crippen LogP contribution is 2.63. The lowest BCUT2D eigenvalue weighted by Gasteiger charge is -2.22. The van der Waals surface area contributed by atoms with Crippen LogP contribution >= 0.6 is 0 Å². The maximum Gasteiger partial charge on any atom is 0.337 e. The molecule has 2 aliphatic rings. The van der Waals surface area contributed by atoms with Crippen LogP contribution in [0.3, 0.4) is 0 Å². The van der Waals surface area contributed by atoms with Gasteiger partial charge in [-0.2, -0.15) is 0 Å². The van der Waals surface area contributed by atoms with Crippen LogP contribution in [-0.2, 0) is 9.59 Å². The van der Waals surface area contributed by atoms with Gasteiger partial charge in [0, 0.05) is 0 Å². The van der Waals surface area contributed by atoms with Gasteiger partial charge in [-0.3, -0.25) is 9.59 Å². The number of imide groups is 1. The number of amides is 2. The standard InChI is InChI=1S/C14H12FNO4/c1-14(2)9-10(14)12(18)16(11(9)17)8-4-3-6(15)5-7(8)13(19)20/h3-5,9-10H,1-2H3,(H,19,20). The van der Waals surface area contributed by atoms with E-state index < -0.39 is 35.4 Å². The molecule has 2 atom stereocenters. The number of halogens is 1. The van der Waals surface area contributed by atoms with Crippen molar-refractivity contribution in [2.45, 2.75) is 13.8 Å². The van der Waals surface area contributed by atoms with Crippen LogP contribution in [0.5, 0.6) is 0 Å². The molecule has 1 saturated carbocycles. The minimum absolute atomic E-state index is 0.0584. The van der Waals surface area contributed by atoms with Crippen LogP contribution in [0, 0.1) is 23.1 Å². The van der Waals surface area contributed by atoms with Crippen molar-refractivity contribution in [3.05, 3.63) is 29.6 Å². The molecule has 6 heteroatoms. The van der Waals surface area contributed by atoms with Gasteiger partial charge >= 0.3 is 5.97 Å². The van der Waals surface area contributed by atoms with Crippen LogP contribution in [0.2, 0.25) is 0 Å². The third-order valence-corrected chi connectivity index (χ3v) is 4.23. The number of carbonyl (C=O) groups excluding carboxylic acids is 2. The van der Waals surface area contributed by atoms with E-state index in [-0.39, 0.29) is 16.7 Å². The lowest BCUT2D eigenvalue weighted by molar-refractivity contribution is -0.125. The number of hydrogen-bond acceptors (Lipinski definition) is 3. The molecule has 20 heavy (non-hydrogen) atoms. The summed E-state index contributed by atoms with van der Waals surface area (Å²) in [6, 6.07) is 3.01. The Kier molecular flexibility index (Phi) is 2.33. The van der Waals surface area contributed by atoms with Gasteiger partial charge < -0.3 is 5.11 Å². The summed E-state index contributed by atoms with van der Waals surface area (Å²) in [5, 5.41) is 9.09. The van der Waals surface area contributed by atoms with E-state index in [9.17, 15) is 18.8 Å². The molecule has 2 fully saturated rings. The average Bonchev–Trinajstić information content (AvgIpc) is 2.81. The predicted octanol–water partition coefficient (Wildman–Crippen LogP) is 1.67. The number of hydrogen-bond donors (Lipinski definition) is 1. The highest BCUT2D eigenvalue weighted by Gasteiger charge is 2.72. The van der Waals surface area contributed by atoms with E-state index in [0.29, 0.717) is 0 Å². The third-order valence-electron chi connectivity index (χ3n) is 4.23. The highest BCUT2D eigenvalue weighted by molar-refractivity contribution is 6.27. The Morgan fingerprint density at radius 3 is 2.30 bits per heavy atom. The molecule has 104 valence electrons. The number of aromatic carboxylic acids is 1. The molecular formula is C14H12FNO4. The Labute approximate surface area is 114 Å². The molecule has 1 heterocycles. The normalized spacial score (nSPS) is 26.6. The van der Waals surface area contributed by atoms with Gasteiger partial charge in [0.25, 0.3) is 0 Å². The first kappa shape index (κ1) is 12.8. The van der Waals surface area contributed by atoms with E-state index in [1.54, 1.807) is 0 Å². The maximum absolute atomic E-state index is 13.1. The topological polar surface area (TPSA) is 74.7 Å². The lowest BCUT2D eigenvalue weighted by atomic mass is 10.0. The zero-order chi connectivity index (χ0) is 14.8. The molecule has 2 amide bonds. The molecule has 1 aromatic rings. The SMILES string of the molecule is CC1(C)C2C(=O)N(c3ccc(F)cc3C(=O)O)C(=O)C21. The fourth-order valence-corrected chi connectivity index (χ4v) is 3.06. The fourth-order valence-electron chi connectivity index (χ4n) is 3.06. The summed E-state index contributed by atoms with van der Waals surface area (Å²) in [6.07, 6.45) is 0. The number of anilines is 1. The predicted molar refractivity (Wildman–Crippen MR) is 66.6 cm³/mol. The largest absolute Gasteiger partial charge is 0.478 e. The smallest absolute Gasteiger partial charge is 0.337 e. The number of carboxylic acid groups (broad SMARTS) is 1. The Balaban J connectivity index is 2.06. The summed E-state index contributed by atoms with van der Waals surface area (Å²) < 4.78 is 13.1. The number of carboxylic acids is 1. The highest BCUT2D eigenvalue weighted by atomic mass is 19.1. The summed E-state index contributed by atoms with van der Waals surface area (Å²) in [6.45, 7) is 3.66. The fraction of sp³-hybridized carbons (Fsp3) is 0.357. The van der Waals surface area contributed by atoms with Crippen LogP contribution in [-0.4, -0.2) is 22.9 Å². The molecule has 1 aromatic carbocycles. The second-order valence-electron chi connectivity index (χ2n) is 5.76. The number of benzene rings is 1. The van der Waals surface area contributed by atoms with E-state index in [1.807, 2.05) is 13.8 Å². The van der Waals surface area contributed by atoms with E-state index in [2.05, 4.69) is 0 Å². The maximum atomic E-state index is 13.1. The van der Waals surface area contributed by atoms with Crippen molar-refractivity contribution in [1.29, 1.82) is 0 Å². The van der Waals surface area contributed by atoms with Crippen molar-refractivity contribution < 1.29 is 23.9 Å². The summed E-state index contributed by atoms with van der Waals surface area (Å²) in [5.74, 6) is -3.71. The molecule has 2 unspecified atom stereocenters. The van der Waals surface area contributed by atoms with E-state index in [1.165, 1.54) is 0 Å². The average molecular weight is 277 g/mol.